The van der Waals surface area contributed by atoms with Crippen molar-refractivity contribution in [2.45, 2.75) is 12.8 Å². The number of fused-ring (bicyclic) bond motifs is 1. The summed E-state index contributed by atoms with van der Waals surface area (Å²) in [6.45, 7) is 3.73. The van der Waals surface area contributed by atoms with Crippen molar-refractivity contribution in [1.82, 2.24) is 10.2 Å². The lowest BCUT2D eigenvalue weighted by Crippen LogP contribution is -2.36. The Morgan fingerprint density at radius 3 is 2.59 bits per heavy atom. The second-order valence-corrected chi connectivity index (χ2v) is 7.38. The van der Waals surface area contributed by atoms with E-state index in [0.717, 1.165) is 39.0 Å². The molecule has 8 heteroatoms. The Morgan fingerprint density at radius 2 is 1.90 bits per heavy atom. The molecule has 0 aliphatic carbocycles. The van der Waals surface area contributed by atoms with E-state index in [2.05, 4.69) is 10.6 Å². The van der Waals surface area contributed by atoms with Crippen molar-refractivity contribution in [1.29, 1.82) is 0 Å². The van der Waals surface area contributed by atoms with Gasteiger partial charge in [0.15, 0.2) is 12.4 Å². The maximum Gasteiger partial charge on any atom is 0.291 e. The summed E-state index contributed by atoms with van der Waals surface area (Å²) in [4.78, 5) is 26.5. The molecule has 3 heterocycles. The van der Waals surface area contributed by atoms with E-state index in [9.17, 15) is 9.59 Å². The molecule has 0 spiro atoms. The number of benzene rings is 1. The van der Waals surface area contributed by atoms with Crippen LogP contribution in [-0.2, 0) is 4.79 Å². The lowest BCUT2D eigenvalue weighted by Gasteiger charge is -2.21. The fourth-order valence-corrected chi connectivity index (χ4v) is 3.97. The largest absolute Gasteiger partial charge is 0.484 e. The van der Waals surface area contributed by atoms with Crippen LogP contribution in [0.25, 0.3) is 0 Å². The molecule has 0 saturated carbocycles. The van der Waals surface area contributed by atoms with Crippen molar-refractivity contribution >= 4 is 29.9 Å². The van der Waals surface area contributed by atoms with Crippen LogP contribution in [0.1, 0.15) is 23.4 Å². The number of nitrogens with zero attached hydrogens (tertiary/aromatic N) is 1. The summed E-state index contributed by atoms with van der Waals surface area (Å²) in [5.74, 6) is 1.84. The van der Waals surface area contributed by atoms with Gasteiger partial charge in [-0.1, -0.05) is 6.07 Å². The van der Waals surface area contributed by atoms with Crippen LogP contribution in [0.2, 0.25) is 0 Å². The molecular weight excluding hydrogens is 394 g/mol. The molecule has 2 amide bonds. The third kappa shape index (κ3) is 5.31. The summed E-state index contributed by atoms with van der Waals surface area (Å²) in [5, 5.41) is 6.20. The highest BCUT2D eigenvalue weighted by molar-refractivity contribution is 6.02. The Kier molecular flexibility index (Phi) is 7.17. The fraction of sp³-hybridized carbons (Fsp3) is 0.429. The molecule has 2 aromatic rings. The number of carbonyl (C=O) groups excluding carboxylic acids is 2. The Hall–Kier alpha value is -2.51. The van der Waals surface area contributed by atoms with Crippen LogP contribution in [0, 0.1) is 11.8 Å². The van der Waals surface area contributed by atoms with E-state index in [-0.39, 0.29) is 36.6 Å². The molecule has 2 N–H and O–H groups in total. The van der Waals surface area contributed by atoms with Gasteiger partial charge in [-0.3, -0.25) is 9.59 Å². The topological polar surface area (TPSA) is 83.8 Å². The molecule has 0 bridgehead atoms. The van der Waals surface area contributed by atoms with Crippen LogP contribution >= 0.6 is 12.4 Å². The lowest BCUT2D eigenvalue weighted by molar-refractivity contribution is -0.133. The average Bonchev–Trinajstić information content (AvgIpc) is 3.36. The van der Waals surface area contributed by atoms with Crippen molar-refractivity contribution in [3.8, 4) is 5.75 Å². The summed E-state index contributed by atoms with van der Waals surface area (Å²) in [7, 11) is 0. The van der Waals surface area contributed by atoms with E-state index in [0.29, 0.717) is 23.3 Å². The minimum absolute atomic E-state index is 0. The van der Waals surface area contributed by atoms with Gasteiger partial charge in [0.25, 0.3) is 11.8 Å². The number of amides is 2. The van der Waals surface area contributed by atoms with E-state index in [1.807, 2.05) is 4.90 Å². The van der Waals surface area contributed by atoms with E-state index in [1.165, 1.54) is 6.26 Å². The van der Waals surface area contributed by atoms with Crippen molar-refractivity contribution < 1.29 is 18.7 Å². The molecule has 0 radical (unpaired) electrons. The SMILES string of the molecule is Cl.O=C(Nc1cccc(OCC(=O)N2CC[C@@H]3CNC[C@@H]3CC2)c1)c1ccco1. The molecule has 2 atom stereocenters. The Bertz CT molecular complexity index is 813. The van der Waals surface area contributed by atoms with E-state index in [1.54, 1.807) is 36.4 Å². The minimum Gasteiger partial charge on any atom is -0.484 e. The number of ether oxygens (including phenoxy) is 1. The van der Waals surface area contributed by atoms with Gasteiger partial charge in [-0.2, -0.15) is 0 Å². The number of rotatable bonds is 5. The van der Waals surface area contributed by atoms with E-state index >= 15 is 0 Å². The molecule has 2 aliphatic rings. The van der Waals surface area contributed by atoms with Crippen LogP contribution < -0.4 is 15.4 Å². The number of likely N-dealkylation sites (tertiary alicyclic amines) is 1. The highest BCUT2D eigenvalue weighted by Gasteiger charge is 2.31. The quantitative estimate of drug-likeness (QED) is 0.778. The van der Waals surface area contributed by atoms with Gasteiger partial charge in [0, 0.05) is 24.8 Å². The van der Waals surface area contributed by atoms with Crippen molar-refractivity contribution in [3.05, 3.63) is 48.4 Å². The standard InChI is InChI=1S/C21H25N3O4.ClH/c25-20(24-8-6-15-12-22-13-16(15)7-9-24)14-28-18-4-1-3-17(11-18)23-21(26)19-5-2-10-27-19;/h1-5,10-11,15-16,22H,6-9,12-14H2,(H,23,26);1H/t15-,16+;. The second kappa shape index (κ2) is 9.80. The van der Waals surface area contributed by atoms with Gasteiger partial charge in [-0.25, -0.2) is 0 Å². The average molecular weight is 420 g/mol. The zero-order valence-corrected chi connectivity index (χ0v) is 17.0. The Morgan fingerprint density at radius 1 is 1.14 bits per heavy atom. The normalized spacial score (nSPS) is 20.9. The lowest BCUT2D eigenvalue weighted by atomic mass is 9.92. The first-order valence-corrected chi connectivity index (χ1v) is 9.75. The Labute approximate surface area is 176 Å². The summed E-state index contributed by atoms with van der Waals surface area (Å²) in [6.07, 6.45) is 3.56. The van der Waals surface area contributed by atoms with Crippen LogP contribution in [0.3, 0.4) is 0 Å². The number of carbonyl (C=O) groups is 2. The van der Waals surface area contributed by atoms with Crippen LogP contribution in [0.15, 0.2) is 47.1 Å². The maximum absolute atomic E-state index is 12.6. The summed E-state index contributed by atoms with van der Waals surface area (Å²) in [6, 6.07) is 10.3. The number of hydrogen-bond acceptors (Lipinski definition) is 5. The zero-order chi connectivity index (χ0) is 19.3. The summed E-state index contributed by atoms with van der Waals surface area (Å²) >= 11 is 0. The molecule has 4 rings (SSSR count). The number of halogens is 1. The first-order valence-electron chi connectivity index (χ1n) is 9.75. The van der Waals surface area contributed by atoms with Crippen LogP contribution in [0.5, 0.6) is 5.75 Å². The van der Waals surface area contributed by atoms with Crippen molar-refractivity contribution in [2.24, 2.45) is 11.8 Å². The molecular formula is C21H26ClN3O4. The number of nitrogens with one attached hydrogen (secondary N) is 2. The molecule has 2 fully saturated rings. The number of furan rings is 1. The van der Waals surface area contributed by atoms with Crippen molar-refractivity contribution in [3.63, 3.8) is 0 Å². The highest BCUT2D eigenvalue weighted by Crippen LogP contribution is 2.27. The van der Waals surface area contributed by atoms with Gasteiger partial charge >= 0.3 is 0 Å². The highest BCUT2D eigenvalue weighted by atomic mass is 35.5. The monoisotopic (exact) mass is 419 g/mol. The fourth-order valence-electron chi connectivity index (χ4n) is 3.97. The van der Waals surface area contributed by atoms with Gasteiger partial charge in [-0.15, -0.1) is 12.4 Å². The van der Waals surface area contributed by atoms with E-state index < -0.39 is 0 Å². The van der Waals surface area contributed by atoms with Crippen LogP contribution in [-0.4, -0.2) is 49.5 Å². The zero-order valence-electron chi connectivity index (χ0n) is 16.1. The van der Waals surface area contributed by atoms with Gasteiger partial charge in [-0.05, 0) is 62.0 Å². The molecule has 2 aliphatic heterocycles. The minimum atomic E-state index is -0.331. The van der Waals surface area contributed by atoms with Crippen LogP contribution in [0.4, 0.5) is 5.69 Å². The maximum atomic E-state index is 12.6. The van der Waals surface area contributed by atoms with Gasteiger partial charge < -0.3 is 24.7 Å². The molecule has 7 nitrogen and oxygen atoms in total. The first-order chi connectivity index (χ1) is 13.7. The summed E-state index contributed by atoms with van der Waals surface area (Å²) in [5.41, 5.74) is 0.585. The summed E-state index contributed by atoms with van der Waals surface area (Å²) < 4.78 is 10.8. The molecule has 1 aromatic carbocycles. The first kappa shape index (κ1) is 21.2. The number of hydrogen-bond donors (Lipinski definition) is 2. The van der Waals surface area contributed by atoms with E-state index in [4.69, 9.17) is 9.15 Å². The number of anilines is 1. The Balaban J connectivity index is 0.00000240. The third-order valence-corrected chi connectivity index (χ3v) is 5.57. The third-order valence-electron chi connectivity index (χ3n) is 5.57. The molecule has 29 heavy (non-hydrogen) atoms. The van der Waals surface area contributed by atoms with Gasteiger partial charge in [0.1, 0.15) is 5.75 Å². The predicted molar refractivity (Wildman–Crippen MR) is 112 cm³/mol. The van der Waals surface area contributed by atoms with Gasteiger partial charge in [0.2, 0.25) is 0 Å². The molecule has 156 valence electrons. The smallest absolute Gasteiger partial charge is 0.291 e. The molecule has 1 aromatic heterocycles. The molecule has 2 saturated heterocycles. The van der Waals surface area contributed by atoms with Gasteiger partial charge in [0.05, 0.1) is 6.26 Å². The van der Waals surface area contributed by atoms with Crippen molar-refractivity contribution in [2.75, 3.05) is 38.1 Å². The second-order valence-electron chi connectivity index (χ2n) is 7.38. The predicted octanol–water partition coefficient (Wildman–Crippen LogP) is 2.79. The molecule has 0 unspecified atom stereocenters.